The molecule has 4 rings (SSSR count). The van der Waals surface area contributed by atoms with Crippen LogP contribution < -0.4 is 5.32 Å². The third-order valence-corrected chi connectivity index (χ3v) is 5.79. The zero-order chi connectivity index (χ0) is 24.1. The van der Waals surface area contributed by atoms with Crippen LogP contribution in [-0.4, -0.2) is 57.0 Å². The molecule has 1 aromatic heterocycles. The van der Waals surface area contributed by atoms with E-state index in [1.54, 1.807) is 4.90 Å². The van der Waals surface area contributed by atoms with Crippen molar-refractivity contribution in [2.45, 2.75) is 77.2 Å². The number of aromatic nitrogens is 2. The van der Waals surface area contributed by atoms with Gasteiger partial charge in [-0.15, -0.1) is 10.2 Å². The molecule has 2 bridgehead atoms. The Balaban J connectivity index is 1.23. The number of amides is 3. The molecular formula is C24H33N5O5. The summed E-state index contributed by atoms with van der Waals surface area (Å²) in [4.78, 5) is 32.3. The number of urea groups is 1. The molecule has 2 aliphatic rings. The van der Waals surface area contributed by atoms with E-state index in [0.29, 0.717) is 37.9 Å². The largest absolute Gasteiger partial charge is 0.444 e. The van der Waals surface area contributed by atoms with Gasteiger partial charge < -0.3 is 19.4 Å². The first-order valence-electron chi connectivity index (χ1n) is 11.9. The molecule has 2 saturated heterocycles. The van der Waals surface area contributed by atoms with E-state index in [1.165, 1.54) is 5.06 Å². The van der Waals surface area contributed by atoms with E-state index in [2.05, 4.69) is 15.5 Å². The average Bonchev–Trinajstić information content (AvgIpc) is 3.35. The second-order valence-electron chi connectivity index (χ2n) is 9.69. The predicted octanol–water partition coefficient (Wildman–Crippen LogP) is 3.99. The van der Waals surface area contributed by atoms with Crippen molar-refractivity contribution in [2.24, 2.45) is 0 Å². The maximum atomic E-state index is 13.0. The van der Waals surface area contributed by atoms with Crippen LogP contribution in [-0.2, 0) is 22.6 Å². The Morgan fingerprint density at radius 2 is 1.97 bits per heavy atom. The summed E-state index contributed by atoms with van der Waals surface area (Å²) in [7, 11) is 0. The number of hydrogen-bond donors (Lipinski definition) is 1. The van der Waals surface area contributed by atoms with Gasteiger partial charge >= 0.3 is 12.1 Å². The Kier molecular flexibility index (Phi) is 7.35. The number of carbonyl (C=O) groups excluding carboxylic acids is 2. The van der Waals surface area contributed by atoms with Gasteiger partial charge in [0.2, 0.25) is 11.8 Å². The number of unbranched alkanes of at least 4 members (excludes halogenated alkanes) is 1. The molecule has 0 unspecified atom stereocenters. The molecule has 2 aliphatic heterocycles. The summed E-state index contributed by atoms with van der Waals surface area (Å²) in [5, 5.41) is 12.6. The van der Waals surface area contributed by atoms with Gasteiger partial charge in [-0.2, -0.15) is 5.06 Å². The van der Waals surface area contributed by atoms with E-state index in [-0.39, 0.29) is 18.1 Å². The average molecular weight is 472 g/mol. The van der Waals surface area contributed by atoms with Crippen LogP contribution in [0.5, 0.6) is 0 Å². The molecule has 34 heavy (non-hydrogen) atoms. The van der Waals surface area contributed by atoms with Crippen LogP contribution in [0.15, 0.2) is 34.7 Å². The maximum Gasteiger partial charge on any atom is 0.407 e. The number of carbonyl (C=O) groups is 2. The number of hydrogen-bond acceptors (Lipinski definition) is 7. The number of rotatable bonds is 9. The van der Waals surface area contributed by atoms with Crippen LogP contribution in [0.25, 0.3) is 0 Å². The van der Waals surface area contributed by atoms with E-state index in [1.807, 2.05) is 51.1 Å². The Hall–Kier alpha value is -3.14. The quantitative estimate of drug-likeness (QED) is 0.551. The summed E-state index contributed by atoms with van der Waals surface area (Å²) in [6, 6.07) is 9.45. The van der Waals surface area contributed by atoms with E-state index in [9.17, 15) is 9.59 Å². The first-order valence-corrected chi connectivity index (χ1v) is 11.9. The summed E-state index contributed by atoms with van der Waals surface area (Å²) >= 11 is 0. The van der Waals surface area contributed by atoms with E-state index in [0.717, 1.165) is 31.2 Å². The van der Waals surface area contributed by atoms with Crippen molar-refractivity contribution in [3.8, 4) is 0 Å². The van der Waals surface area contributed by atoms with Crippen molar-refractivity contribution >= 4 is 12.1 Å². The third-order valence-electron chi connectivity index (χ3n) is 5.79. The first-order chi connectivity index (χ1) is 16.3. The molecule has 10 heteroatoms. The van der Waals surface area contributed by atoms with Gasteiger partial charge in [0, 0.05) is 19.5 Å². The topological polar surface area (TPSA) is 110 Å². The smallest absolute Gasteiger partial charge is 0.407 e. The first kappa shape index (κ1) is 24.0. The lowest BCUT2D eigenvalue weighted by atomic mass is 10.0. The van der Waals surface area contributed by atoms with Crippen molar-refractivity contribution in [2.75, 3.05) is 13.1 Å². The lowest BCUT2D eigenvalue weighted by Gasteiger charge is -2.27. The molecule has 2 atom stereocenters. The third kappa shape index (κ3) is 6.05. The van der Waals surface area contributed by atoms with Gasteiger partial charge in [-0.1, -0.05) is 30.3 Å². The molecule has 2 fully saturated rings. The molecule has 0 saturated carbocycles. The number of ether oxygens (including phenoxy) is 1. The van der Waals surface area contributed by atoms with Gasteiger partial charge in [0.15, 0.2) is 0 Å². The number of piperidine rings is 1. The summed E-state index contributed by atoms with van der Waals surface area (Å²) < 4.78 is 11.1. The predicted molar refractivity (Wildman–Crippen MR) is 122 cm³/mol. The molecule has 1 aromatic carbocycles. The lowest BCUT2D eigenvalue weighted by Crippen LogP contribution is -2.34. The van der Waals surface area contributed by atoms with E-state index in [4.69, 9.17) is 14.0 Å². The van der Waals surface area contributed by atoms with Crippen molar-refractivity contribution in [1.29, 1.82) is 0 Å². The minimum atomic E-state index is -0.509. The molecule has 0 spiro atoms. The Labute approximate surface area is 199 Å². The zero-order valence-electron chi connectivity index (χ0n) is 20.0. The number of benzene rings is 1. The molecule has 2 aromatic rings. The van der Waals surface area contributed by atoms with Gasteiger partial charge in [0.25, 0.3) is 0 Å². The highest BCUT2D eigenvalue weighted by molar-refractivity contribution is 5.77. The fourth-order valence-corrected chi connectivity index (χ4v) is 4.18. The Morgan fingerprint density at radius 1 is 1.18 bits per heavy atom. The standard InChI is InChI=1S/C24H33N5O5/c1-24(2,3)34-22(30)25-14-8-7-11-20-26-27-21(33-20)19-13-12-18-15-28(19)23(31)29(18)32-16-17-9-5-4-6-10-17/h4-6,9-10,18-19H,7-8,11-16H2,1-3H3,(H,25,30)/t18-,19+/m1/s1. The summed E-state index contributed by atoms with van der Waals surface area (Å²) in [5.74, 6) is 1.01. The second kappa shape index (κ2) is 10.4. The van der Waals surface area contributed by atoms with Crippen LogP contribution in [0.4, 0.5) is 9.59 Å². The fourth-order valence-electron chi connectivity index (χ4n) is 4.18. The molecular weight excluding hydrogens is 438 g/mol. The Bertz CT molecular complexity index is 974. The second-order valence-corrected chi connectivity index (χ2v) is 9.69. The molecule has 10 nitrogen and oxygen atoms in total. The molecule has 3 heterocycles. The summed E-state index contributed by atoms with van der Waals surface area (Å²) in [5.41, 5.74) is 0.511. The zero-order valence-corrected chi connectivity index (χ0v) is 20.0. The van der Waals surface area contributed by atoms with Gasteiger partial charge in [0.05, 0.1) is 6.04 Å². The van der Waals surface area contributed by atoms with Crippen LogP contribution >= 0.6 is 0 Å². The van der Waals surface area contributed by atoms with Crippen molar-refractivity contribution in [3.05, 3.63) is 47.7 Å². The van der Waals surface area contributed by atoms with Gasteiger partial charge in [-0.25, -0.2) is 9.59 Å². The number of nitrogens with one attached hydrogen (secondary N) is 1. The molecule has 1 N–H and O–H groups in total. The monoisotopic (exact) mass is 471 g/mol. The minimum absolute atomic E-state index is 0.0346. The highest BCUT2D eigenvalue weighted by Crippen LogP contribution is 2.38. The highest BCUT2D eigenvalue weighted by atomic mass is 16.7. The molecule has 184 valence electrons. The van der Waals surface area contributed by atoms with Crippen LogP contribution in [0.2, 0.25) is 0 Å². The van der Waals surface area contributed by atoms with E-state index >= 15 is 0 Å². The lowest BCUT2D eigenvalue weighted by molar-refractivity contribution is -0.140. The molecule has 0 aliphatic carbocycles. The molecule has 3 amide bonds. The number of nitrogens with zero attached hydrogens (tertiary/aromatic N) is 4. The van der Waals surface area contributed by atoms with Crippen LogP contribution in [0, 0.1) is 0 Å². The number of alkyl carbamates (subject to hydrolysis) is 1. The maximum absolute atomic E-state index is 13.0. The Morgan fingerprint density at radius 3 is 2.74 bits per heavy atom. The van der Waals surface area contributed by atoms with Crippen LogP contribution in [0.3, 0.4) is 0 Å². The van der Waals surface area contributed by atoms with Crippen molar-refractivity contribution in [3.63, 3.8) is 0 Å². The minimum Gasteiger partial charge on any atom is -0.444 e. The van der Waals surface area contributed by atoms with Crippen LogP contribution in [0.1, 0.15) is 69.8 Å². The number of fused-ring (bicyclic) bond motifs is 2. The fraction of sp³-hybridized carbons (Fsp3) is 0.583. The highest BCUT2D eigenvalue weighted by Gasteiger charge is 2.47. The van der Waals surface area contributed by atoms with Gasteiger partial charge in [-0.05, 0) is 52.0 Å². The molecule has 0 radical (unpaired) electrons. The SMILES string of the molecule is CC(C)(C)OC(=O)NCCCCc1nnc([C@@H]2CC[C@@H]3CN2C(=O)N3OCc2ccccc2)o1. The normalized spacial score (nSPS) is 20.0. The van der Waals surface area contributed by atoms with E-state index < -0.39 is 11.7 Å². The van der Waals surface area contributed by atoms with Crippen molar-refractivity contribution in [1.82, 2.24) is 25.5 Å². The van der Waals surface area contributed by atoms with Crippen molar-refractivity contribution < 1.29 is 23.6 Å². The van der Waals surface area contributed by atoms with Gasteiger partial charge in [-0.3, -0.25) is 4.84 Å². The number of aryl methyl sites for hydroxylation is 1. The summed E-state index contributed by atoms with van der Waals surface area (Å²) in [6.07, 6.45) is 3.31. The number of hydroxylamine groups is 2. The van der Waals surface area contributed by atoms with Gasteiger partial charge in [0.1, 0.15) is 18.2 Å². The summed E-state index contributed by atoms with van der Waals surface area (Å²) in [6.45, 7) is 6.95.